The third-order valence-electron chi connectivity index (χ3n) is 4.22. The minimum absolute atomic E-state index is 0.0139. The van der Waals surface area contributed by atoms with Gasteiger partial charge in [-0.2, -0.15) is 13.2 Å². The number of ether oxygens (including phenoxy) is 1. The molecule has 12 heteroatoms. The van der Waals surface area contributed by atoms with E-state index in [2.05, 4.69) is 5.32 Å². The van der Waals surface area contributed by atoms with Gasteiger partial charge in [-0.05, 0) is 53.7 Å². The first-order valence-electron chi connectivity index (χ1n) is 8.75. The van der Waals surface area contributed by atoms with E-state index < -0.39 is 35.3 Å². The van der Waals surface area contributed by atoms with Crippen LogP contribution in [0.15, 0.2) is 41.3 Å². The molecular formula is C20H13Cl2F3N2O4S. The third kappa shape index (κ3) is 5.37. The molecule has 1 saturated heterocycles. The lowest BCUT2D eigenvalue weighted by Crippen LogP contribution is -2.36. The number of hydrogen-bond donors (Lipinski definition) is 1. The molecule has 3 amide bonds. The van der Waals surface area contributed by atoms with Gasteiger partial charge < -0.3 is 10.1 Å². The number of carbonyl (C=O) groups excluding carboxylic acids is 3. The van der Waals surface area contributed by atoms with E-state index in [0.717, 1.165) is 12.1 Å². The molecule has 1 heterocycles. The van der Waals surface area contributed by atoms with Crippen molar-refractivity contribution in [3.8, 4) is 5.75 Å². The van der Waals surface area contributed by atoms with Gasteiger partial charge in [0.1, 0.15) is 12.3 Å². The zero-order valence-corrected chi connectivity index (χ0v) is 18.5. The summed E-state index contributed by atoms with van der Waals surface area (Å²) in [5.41, 5.74) is -0.724. The van der Waals surface area contributed by atoms with Crippen LogP contribution in [-0.4, -0.2) is 35.6 Å². The fraction of sp³-hybridized carbons (Fsp3) is 0.150. The highest BCUT2D eigenvalue weighted by molar-refractivity contribution is 8.18. The highest BCUT2D eigenvalue weighted by Crippen LogP contribution is 2.36. The van der Waals surface area contributed by atoms with Gasteiger partial charge in [0.25, 0.3) is 11.1 Å². The van der Waals surface area contributed by atoms with E-state index in [1.807, 2.05) is 0 Å². The molecule has 0 aliphatic carbocycles. The summed E-state index contributed by atoms with van der Waals surface area (Å²) >= 11 is 12.4. The van der Waals surface area contributed by atoms with E-state index in [9.17, 15) is 27.6 Å². The van der Waals surface area contributed by atoms with Crippen molar-refractivity contribution in [1.82, 2.24) is 4.90 Å². The summed E-state index contributed by atoms with van der Waals surface area (Å²) in [5, 5.41) is 2.12. The first-order chi connectivity index (χ1) is 15.0. The van der Waals surface area contributed by atoms with E-state index in [-0.39, 0.29) is 21.4 Å². The Morgan fingerprint density at radius 3 is 2.50 bits per heavy atom. The van der Waals surface area contributed by atoms with Gasteiger partial charge in [0.2, 0.25) is 5.91 Å². The van der Waals surface area contributed by atoms with Crippen molar-refractivity contribution in [3.05, 3.63) is 62.5 Å². The molecule has 0 unspecified atom stereocenters. The number of benzene rings is 2. The lowest BCUT2D eigenvalue weighted by Gasteiger charge is -2.16. The van der Waals surface area contributed by atoms with Crippen molar-refractivity contribution < 1.29 is 32.3 Å². The first-order valence-corrected chi connectivity index (χ1v) is 10.3. The number of methoxy groups -OCH3 is 1. The number of thioether (sulfide) groups is 1. The minimum atomic E-state index is -4.63. The zero-order valence-electron chi connectivity index (χ0n) is 16.1. The van der Waals surface area contributed by atoms with Gasteiger partial charge >= 0.3 is 6.18 Å². The smallest absolute Gasteiger partial charge is 0.416 e. The maximum atomic E-state index is 13.0. The summed E-state index contributed by atoms with van der Waals surface area (Å²) in [4.78, 5) is 37.9. The van der Waals surface area contributed by atoms with Crippen LogP contribution in [0.25, 0.3) is 6.08 Å². The van der Waals surface area contributed by atoms with Gasteiger partial charge in [-0.15, -0.1) is 0 Å². The second-order valence-corrected chi connectivity index (χ2v) is 8.21. The number of hydrogen-bond acceptors (Lipinski definition) is 5. The average molecular weight is 505 g/mol. The van der Waals surface area contributed by atoms with Crippen molar-refractivity contribution >= 4 is 63.8 Å². The van der Waals surface area contributed by atoms with Crippen molar-refractivity contribution in [2.45, 2.75) is 6.18 Å². The maximum absolute atomic E-state index is 13.0. The SMILES string of the molecule is COc1ccc(C(F)(F)F)cc1NC(=O)CN1C(=O)S/C(=C\c2ccc(Cl)c(Cl)c2)C1=O. The van der Waals surface area contributed by atoms with Crippen LogP contribution in [0.4, 0.5) is 23.7 Å². The Balaban J connectivity index is 1.75. The number of alkyl halides is 3. The predicted molar refractivity (Wildman–Crippen MR) is 116 cm³/mol. The number of halogens is 5. The number of rotatable bonds is 5. The normalized spacial score (nSPS) is 15.4. The molecule has 0 bridgehead atoms. The molecule has 1 fully saturated rings. The molecule has 0 saturated carbocycles. The summed E-state index contributed by atoms with van der Waals surface area (Å²) in [6.07, 6.45) is -3.21. The van der Waals surface area contributed by atoms with E-state index >= 15 is 0 Å². The van der Waals surface area contributed by atoms with E-state index in [1.165, 1.54) is 25.3 Å². The Bertz CT molecular complexity index is 1140. The molecule has 6 nitrogen and oxygen atoms in total. The van der Waals surface area contributed by atoms with Crippen molar-refractivity contribution in [1.29, 1.82) is 0 Å². The lowest BCUT2D eigenvalue weighted by molar-refractivity contribution is -0.137. The minimum Gasteiger partial charge on any atom is -0.495 e. The number of nitrogens with zero attached hydrogens (tertiary/aromatic N) is 1. The van der Waals surface area contributed by atoms with E-state index in [1.54, 1.807) is 6.07 Å². The molecule has 1 aliphatic rings. The Hall–Kier alpha value is -2.69. The first kappa shape index (κ1) is 24.0. The summed E-state index contributed by atoms with van der Waals surface area (Å²) in [6, 6.07) is 7.18. The summed E-state index contributed by atoms with van der Waals surface area (Å²) in [5.74, 6) is -1.61. The number of anilines is 1. The monoisotopic (exact) mass is 504 g/mol. The fourth-order valence-corrected chi connectivity index (χ4v) is 3.85. The van der Waals surface area contributed by atoms with Gasteiger partial charge in [0.15, 0.2) is 0 Å². The molecule has 32 heavy (non-hydrogen) atoms. The fourth-order valence-electron chi connectivity index (χ4n) is 2.71. The molecule has 0 radical (unpaired) electrons. The Morgan fingerprint density at radius 1 is 1.16 bits per heavy atom. The number of amides is 3. The molecular weight excluding hydrogens is 492 g/mol. The van der Waals surface area contributed by atoms with Crippen molar-refractivity contribution in [2.24, 2.45) is 0 Å². The number of imide groups is 1. The van der Waals surface area contributed by atoms with Crippen LogP contribution in [0.3, 0.4) is 0 Å². The zero-order chi connectivity index (χ0) is 23.6. The molecule has 168 valence electrons. The van der Waals surface area contributed by atoms with Gasteiger partial charge in [-0.3, -0.25) is 19.3 Å². The van der Waals surface area contributed by atoms with Crippen LogP contribution in [-0.2, 0) is 15.8 Å². The van der Waals surface area contributed by atoms with E-state index in [0.29, 0.717) is 33.3 Å². The topological polar surface area (TPSA) is 75.7 Å². The maximum Gasteiger partial charge on any atom is 0.416 e. The molecule has 1 N–H and O–H groups in total. The van der Waals surface area contributed by atoms with Crippen LogP contribution in [0, 0.1) is 0 Å². The summed E-state index contributed by atoms with van der Waals surface area (Å²) < 4.78 is 43.9. The molecule has 3 rings (SSSR count). The van der Waals surface area contributed by atoms with Gasteiger partial charge in [0, 0.05) is 0 Å². The van der Waals surface area contributed by atoms with Crippen LogP contribution in [0.1, 0.15) is 11.1 Å². The van der Waals surface area contributed by atoms with Gasteiger partial charge in [0.05, 0.1) is 33.3 Å². The summed E-state index contributed by atoms with van der Waals surface area (Å²) in [6.45, 7) is -0.692. The van der Waals surface area contributed by atoms with Gasteiger partial charge in [-0.25, -0.2) is 0 Å². The lowest BCUT2D eigenvalue weighted by atomic mass is 10.1. The molecule has 2 aromatic carbocycles. The highest BCUT2D eigenvalue weighted by Gasteiger charge is 2.37. The molecule has 0 spiro atoms. The molecule has 1 aliphatic heterocycles. The Morgan fingerprint density at radius 2 is 1.88 bits per heavy atom. The molecule has 2 aromatic rings. The standard InChI is InChI=1S/C20H13Cl2F3N2O4S/c1-31-15-5-3-11(20(23,24)25)8-14(15)26-17(28)9-27-18(29)16(32-19(27)30)7-10-2-4-12(21)13(22)6-10/h2-8H,9H2,1H3,(H,26,28)/b16-7-. The Kier molecular flexibility index (Phi) is 7.06. The van der Waals surface area contributed by atoms with Crippen LogP contribution in [0.5, 0.6) is 5.75 Å². The summed E-state index contributed by atoms with van der Waals surface area (Å²) in [7, 11) is 1.22. The van der Waals surface area contributed by atoms with Gasteiger partial charge in [-0.1, -0.05) is 29.3 Å². The van der Waals surface area contributed by atoms with Crippen molar-refractivity contribution in [2.75, 3.05) is 19.0 Å². The molecule has 0 aromatic heterocycles. The second-order valence-electron chi connectivity index (χ2n) is 6.40. The highest BCUT2D eigenvalue weighted by atomic mass is 35.5. The van der Waals surface area contributed by atoms with Crippen LogP contribution < -0.4 is 10.1 Å². The predicted octanol–water partition coefficient (Wildman–Crippen LogP) is 5.70. The van der Waals surface area contributed by atoms with Crippen LogP contribution >= 0.6 is 35.0 Å². The number of carbonyl (C=O) groups is 3. The van der Waals surface area contributed by atoms with Crippen molar-refractivity contribution in [3.63, 3.8) is 0 Å². The third-order valence-corrected chi connectivity index (χ3v) is 5.86. The number of nitrogens with one attached hydrogen (secondary N) is 1. The Labute approximate surface area is 194 Å². The second kappa shape index (κ2) is 9.43. The van der Waals surface area contributed by atoms with Crippen LogP contribution in [0.2, 0.25) is 10.0 Å². The quantitative estimate of drug-likeness (QED) is 0.528. The largest absolute Gasteiger partial charge is 0.495 e. The molecule has 0 atom stereocenters. The average Bonchev–Trinajstić information content (AvgIpc) is 2.97. The van der Waals surface area contributed by atoms with E-state index in [4.69, 9.17) is 27.9 Å².